The summed E-state index contributed by atoms with van der Waals surface area (Å²) in [4.78, 5) is 11.0. The summed E-state index contributed by atoms with van der Waals surface area (Å²) in [7, 11) is -3.38. The largest absolute Gasteiger partial charge is 0.481 e. The molecule has 0 aliphatic rings. The number of benzene rings is 2. The van der Waals surface area contributed by atoms with E-state index in [0.717, 1.165) is 24.7 Å². The van der Waals surface area contributed by atoms with Crippen molar-refractivity contribution in [3.05, 3.63) is 47.0 Å². The molecule has 7 heteroatoms. The maximum atomic E-state index is 11.9. The van der Waals surface area contributed by atoms with Gasteiger partial charge >= 0.3 is 5.97 Å². The molecular weight excluding hydrogens is 364 g/mol. The minimum absolute atomic E-state index is 0.187. The average Bonchev–Trinajstić information content (AvgIpc) is 2.53. The monoisotopic (exact) mass is 382 g/mol. The first-order valence-corrected chi connectivity index (χ1v) is 9.96. The number of rotatable bonds is 7. The van der Waals surface area contributed by atoms with E-state index in [1.54, 1.807) is 36.4 Å². The molecule has 25 heavy (non-hydrogen) atoms. The van der Waals surface area contributed by atoms with Gasteiger partial charge in [0.15, 0.2) is 16.4 Å². The van der Waals surface area contributed by atoms with Crippen molar-refractivity contribution in [2.75, 3.05) is 12.9 Å². The highest BCUT2D eigenvalue weighted by Crippen LogP contribution is 2.36. The quantitative estimate of drug-likeness (QED) is 0.787. The molecule has 0 aliphatic carbocycles. The van der Waals surface area contributed by atoms with Gasteiger partial charge < -0.3 is 9.84 Å². The second kappa shape index (κ2) is 7.89. The van der Waals surface area contributed by atoms with E-state index in [-0.39, 0.29) is 4.90 Å². The molecule has 0 saturated heterocycles. The van der Waals surface area contributed by atoms with Gasteiger partial charge in [0.05, 0.1) is 4.90 Å². The molecule has 0 aliphatic heterocycles. The van der Waals surface area contributed by atoms with Crippen molar-refractivity contribution in [1.29, 1.82) is 0 Å². The fourth-order valence-corrected chi connectivity index (χ4v) is 3.32. The standard InChI is InChI=1S/C18H19ClO5S/c1-3-4-12-5-7-14(25(2,22)23)10-15(12)16-9-13(19)6-8-17(16)24-11-18(20)21/h5-10H,3-4,11H2,1-2H3,(H,20,21). The summed E-state index contributed by atoms with van der Waals surface area (Å²) >= 11 is 6.10. The number of halogens is 1. The van der Waals surface area contributed by atoms with Crippen LogP contribution in [0, 0.1) is 0 Å². The summed E-state index contributed by atoms with van der Waals surface area (Å²) in [6.45, 7) is 1.53. The van der Waals surface area contributed by atoms with Crippen molar-refractivity contribution in [3.63, 3.8) is 0 Å². The van der Waals surface area contributed by atoms with E-state index in [2.05, 4.69) is 0 Å². The molecule has 0 radical (unpaired) electrons. The van der Waals surface area contributed by atoms with E-state index in [1.165, 1.54) is 0 Å². The van der Waals surface area contributed by atoms with Gasteiger partial charge in [-0.2, -0.15) is 0 Å². The van der Waals surface area contributed by atoms with Gasteiger partial charge in [-0.05, 0) is 47.9 Å². The van der Waals surface area contributed by atoms with Crippen LogP contribution in [0.1, 0.15) is 18.9 Å². The molecule has 0 amide bonds. The number of hydrogen-bond acceptors (Lipinski definition) is 4. The van der Waals surface area contributed by atoms with Crippen molar-refractivity contribution in [2.45, 2.75) is 24.7 Å². The Morgan fingerprint density at radius 1 is 1.16 bits per heavy atom. The highest BCUT2D eigenvalue weighted by Gasteiger charge is 2.16. The summed E-state index contributed by atoms with van der Waals surface area (Å²) < 4.78 is 29.2. The Labute approximate surface area is 152 Å². The lowest BCUT2D eigenvalue weighted by Gasteiger charge is -2.15. The molecule has 0 fully saturated rings. The fourth-order valence-electron chi connectivity index (χ4n) is 2.50. The Balaban J connectivity index is 2.65. The van der Waals surface area contributed by atoms with Crippen molar-refractivity contribution in [1.82, 2.24) is 0 Å². The van der Waals surface area contributed by atoms with E-state index in [9.17, 15) is 13.2 Å². The number of ether oxygens (including phenoxy) is 1. The Morgan fingerprint density at radius 3 is 2.48 bits per heavy atom. The summed E-state index contributed by atoms with van der Waals surface area (Å²) in [5.41, 5.74) is 2.19. The first kappa shape index (κ1) is 19.3. The van der Waals surface area contributed by atoms with Crippen LogP contribution in [0.3, 0.4) is 0 Å². The average molecular weight is 383 g/mol. The second-order valence-electron chi connectivity index (χ2n) is 5.66. The molecule has 2 rings (SSSR count). The lowest BCUT2D eigenvalue weighted by Crippen LogP contribution is -2.10. The molecule has 0 atom stereocenters. The van der Waals surface area contributed by atoms with Gasteiger partial charge in [-0.3, -0.25) is 0 Å². The van der Waals surface area contributed by atoms with Crippen molar-refractivity contribution in [3.8, 4) is 16.9 Å². The minimum atomic E-state index is -3.38. The van der Waals surface area contributed by atoms with Gasteiger partial charge in [0.25, 0.3) is 0 Å². The first-order chi connectivity index (χ1) is 11.7. The maximum Gasteiger partial charge on any atom is 0.341 e. The topological polar surface area (TPSA) is 80.7 Å². The smallest absolute Gasteiger partial charge is 0.341 e. The van der Waals surface area contributed by atoms with Crippen LogP contribution < -0.4 is 4.74 Å². The Bertz CT molecular complexity index is 890. The van der Waals surface area contributed by atoms with Crippen molar-refractivity contribution >= 4 is 27.4 Å². The number of carbonyl (C=O) groups is 1. The van der Waals surface area contributed by atoms with Gasteiger partial charge in [0.2, 0.25) is 0 Å². The van der Waals surface area contributed by atoms with Crippen LogP contribution in [0.2, 0.25) is 5.02 Å². The minimum Gasteiger partial charge on any atom is -0.481 e. The Hall–Kier alpha value is -2.05. The van der Waals surface area contributed by atoms with Crippen LogP contribution >= 0.6 is 11.6 Å². The number of sulfone groups is 1. The van der Waals surface area contributed by atoms with E-state index in [4.69, 9.17) is 21.4 Å². The SMILES string of the molecule is CCCc1ccc(S(C)(=O)=O)cc1-c1cc(Cl)ccc1OCC(=O)O. The normalized spacial score (nSPS) is 11.3. The molecule has 1 N–H and O–H groups in total. The summed E-state index contributed by atoms with van der Waals surface area (Å²) in [6, 6.07) is 9.77. The molecule has 5 nitrogen and oxygen atoms in total. The van der Waals surface area contributed by atoms with Crippen molar-refractivity contribution < 1.29 is 23.1 Å². The predicted octanol–water partition coefficient (Wildman–Crippen LogP) is 3.83. The number of carboxylic acid groups (broad SMARTS) is 1. The predicted molar refractivity (Wildman–Crippen MR) is 97.1 cm³/mol. The maximum absolute atomic E-state index is 11.9. The number of hydrogen-bond donors (Lipinski definition) is 1. The van der Waals surface area contributed by atoms with E-state index in [1.807, 2.05) is 6.92 Å². The van der Waals surface area contributed by atoms with Gasteiger partial charge in [-0.1, -0.05) is 31.0 Å². The van der Waals surface area contributed by atoms with E-state index >= 15 is 0 Å². The molecule has 0 aromatic heterocycles. The number of carboxylic acids is 1. The summed E-state index contributed by atoms with van der Waals surface area (Å²) in [5.74, 6) is -0.755. The Kier molecular flexibility index (Phi) is 6.08. The second-order valence-corrected chi connectivity index (χ2v) is 8.12. The number of aryl methyl sites for hydroxylation is 1. The van der Waals surface area contributed by atoms with E-state index < -0.39 is 22.4 Å². The van der Waals surface area contributed by atoms with Gasteiger partial charge in [-0.15, -0.1) is 0 Å². The zero-order chi connectivity index (χ0) is 18.6. The zero-order valence-corrected chi connectivity index (χ0v) is 15.5. The third-order valence-electron chi connectivity index (χ3n) is 3.61. The molecule has 0 saturated carbocycles. The molecule has 2 aromatic rings. The molecule has 134 valence electrons. The zero-order valence-electron chi connectivity index (χ0n) is 14.0. The highest BCUT2D eigenvalue weighted by molar-refractivity contribution is 7.90. The van der Waals surface area contributed by atoms with Crippen LogP contribution in [0.4, 0.5) is 0 Å². The van der Waals surface area contributed by atoms with Crippen LogP contribution in [0.25, 0.3) is 11.1 Å². The fraction of sp³-hybridized carbons (Fsp3) is 0.278. The Morgan fingerprint density at radius 2 is 1.88 bits per heavy atom. The number of aliphatic carboxylic acids is 1. The van der Waals surface area contributed by atoms with Crippen molar-refractivity contribution in [2.24, 2.45) is 0 Å². The third kappa shape index (κ3) is 4.96. The summed E-state index contributed by atoms with van der Waals surface area (Å²) in [6.07, 6.45) is 2.76. The molecule has 0 unspecified atom stereocenters. The van der Waals surface area contributed by atoms with Crippen LogP contribution in [0.5, 0.6) is 5.75 Å². The first-order valence-electron chi connectivity index (χ1n) is 7.70. The molecular formula is C18H19ClO5S. The lowest BCUT2D eigenvalue weighted by molar-refractivity contribution is -0.139. The van der Waals surface area contributed by atoms with Crippen LogP contribution in [-0.2, 0) is 21.1 Å². The molecule has 0 heterocycles. The lowest BCUT2D eigenvalue weighted by atomic mass is 9.96. The highest BCUT2D eigenvalue weighted by atomic mass is 35.5. The summed E-state index contributed by atoms with van der Waals surface area (Å²) in [5, 5.41) is 9.30. The third-order valence-corrected chi connectivity index (χ3v) is 4.96. The molecule has 0 bridgehead atoms. The molecule has 0 spiro atoms. The van der Waals surface area contributed by atoms with Gasteiger partial charge in [0.1, 0.15) is 5.75 Å². The van der Waals surface area contributed by atoms with E-state index in [0.29, 0.717) is 21.9 Å². The van der Waals surface area contributed by atoms with Gasteiger partial charge in [-0.25, -0.2) is 13.2 Å². The van der Waals surface area contributed by atoms with Crippen LogP contribution in [-0.4, -0.2) is 32.4 Å². The van der Waals surface area contributed by atoms with Gasteiger partial charge in [0, 0.05) is 16.8 Å². The van der Waals surface area contributed by atoms with Crippen LogP contribution in [0.15, 0.2) is 41.3 Å². The molecule has 2 aromatic carbocycles.